The molecule has 82 valence electrons. The van der Waals surface area contributed by atoms with Crippen molar-refractivity contribution in [2.24, 2.45) is 0 Å². The van der Waals surface area contributed by atoms with Gasteiger partial charge in [-0.2, -0.15) is 0 Å². The average Bonchev–Trinajstić information content (AvgIpc) is 2.75. The summed E-state index contributed by atoms with van der Waals surface area (Å²) < 4.78 is 0. The van der Waals surface area contributed by atoms with E-state index < -0.39 is 0 Å². The van der Waals surface area contributed by atoms with Crippen molar-refractivity contribution in [3.05, 3.63) is 35.6 Å². The van der Waals surface area contributed by atoms with Crippen LogP contribution in [0.2, 0.25) is 0 Å². The molecule has 5 nitrogen and oxygen atoms in total. The topological polar surface area (TPSA) is 72.1 Å². The minimum atomic E-state index is -0.194. The van der Waals surface area contributed by atoms with Crippen LogP contribution in [0.25, 0.3) is 0 Å². The number of carbonyl (C=O) groups excluding carboxylic acids is 1. The van der Waals surface area contributed by atoms with Gasteiger partial charge >= 0.3 is 0 Å². The minimum absolute atomic E-state index is 0.194. The summed E-state index contributed by atoms with van der Waals surface area (Å²) in [6, 6.07) is 3.58. The van der Waals surface area contributed by atoms with Gasteiger partial charge in [-0.3, -0.25) is 9.78 Å². The molecule has 2 rings (SSSR count). The van der Waals surface area contributed by atoms with E-state index in [1.807, 2.05) is 0 Å². The van der Waals surface area contributed by atoms with E-state index in [0.717, 1.165) is 5.69 Å². The molecular weight excluding hydrogens is 224 g/mol. The fourth-order valence-electron chi connectivity index (χ4n) is 1.23. The van der Waals surface area contributed by atoms with Crippen LogP contribution < -0.4 is 10.6 Å². The Morgan fingerprint density at radius 1 is 1.56 bits per heavy atom. The van der Waals surface area contributed by atoms with Crippen molar-refractivity contribution >= 4 is 28.1 Å². The van der Waals surface area contributed by atoms with E-state index in [2.05, 4.69) is 9.97 Å². The van der Waals surface area contributed by atoms with E-state index >= 15 is 0 Å². The molecule has 0 bridgehead atoms. The number of amides is 1. The molecule has 0 saturated carbocycles. The van der Waals surface area contributed by atoms with Gasteiger partial charge in [0.05, 0.1) is 11.9 Å². The molecule has 2 aromatic rings. The number of thiazole rings is 1. The summed E-state index contributed by atoms with van der Waals surface area (Å²) in [6.45, 7) is 0. The highest BCUT2D eigenvalue weighted by Gasteiger charge is 2.16. The molecule has 0 aliphatic rings. The van der Waals surface area contributed by atoms with Crippen LogP contribution in [0.3, 0.4) is 0 Å². The molecule has 0 aliphatic carbocycles. The molecule has 1 amide bonds. The van der Waals surface area contributed by atoms with Crippen molar-refractivity contribution in [1.82, 2.24) is 9.97 Å². The second-order valence-corrected chi connectivity index (χ2v) is 4.04. The highest BCUT2D eigenvalue weighted by atomic mass is 32.1. The molecule has 0 spiro atoms. The van der Waals surface area contributed by atoms with Crippen molar-refractivity contribution in [2.45, 2.75) is 0 Å². The summed E-state index contributed by atoms with van der Waals surface area (Å²) in [4.78, 5) is 21.3. The van der Waals surface area contributed by atoms with Crippen LogP contribution in [-0.2, 0) is 0 Å². The zero-order valence-electron chi connectivity index (χ0n) is 8.62. The highest BCUT2D eigenvalue weighted by molar-refractivity contribution is 7.13. The maximum atomic E-state index is 11.9. The third-order valence-electron chi connectivity index (χ3n) is 2.08. The molecule has 16 heavy (non-hydrogen) atoms. The van der Waals surface area contributed by atoms with Gasteiger partial charge in [-0.15, -0.1) is 11.3 Å². The lowest BCUT2D eigenvalue weighted by Crippen LogP contribution is -2.26. The molecule has 0 saturated heterocycles. The largest absolute Gasteiger partial charge is 0.375 e. The predicted octanol–water partition coefficient (Wildman–Crippen LogP) is 1.40. The van der Waals surface area contributed by atoms with Crippen molar-refractivity contribution in [1.29, 1.82) is 0 Å². The predicted molar refractivity (Wildman–Crippen MR) is 63.5 cm³/mol. The Kier molecular flexibility index (Phi) is 2.82. The lowest BCUT2D eigenvalue weighted by atomic mass is 10.3. The number of pyridine rings is 1. The quantitative estimate of drug-likeness (QED) is 0.852. The summed E-state index contributed by atoms with van der Waals surface area (Å²) in [5.74, 6) is -0.194. The van der Waals surface area contributed by atoms with E-state index in [9.17, 15) is 4.79 Å². The summed E-state index contributed by atoms with van der Waals surface area (Å²) in [6.07, 6.45) is 3.27. The standard InChI is InChI=1S/C10H10N4OS/c1-14(7-3-2-4-12-5-7)9(15)8-6-16-10(11)13-8/h2-6H,1H3,(H2,11,13). The maximum Gasteiger partial charge on any atom is 0.277 e. The number of hydrogen-bond donors (Lipinski definition) is 1. The summed E-state index contributed by atoms with van der Waals surface area (Å²) in [5, 5.41) is 2.03. The first kappa shape index (κ1) is 10.6. The Bertz CT molecular complexity index is 497. The minimum Gasteiger partial charge on any atom is -0.375 e. The first-order chi connectivity index (χ1) is 7.68. The molecule has 2 aromatic heterocycles. The molecule has 2 heterocycles. The van der Waals surface area contributed by atoms with Gasteiger partial charge in [-0.1, -0.05) is 0 Å². The van der Waals surface area contributed by atoms with Crippen LogP contribution in [0.1, 0.15) is 10.5 Å². The van der Waals surface area contributed by atoms with Gasteiger partial charge in [0, 0.05) is 18.6 Å². The monoisotopic (exact) mass is 234 g/mol. The number of nitrogen functional groups attached to an aromatic ring is 1. The molecule has 0 aromatic carbocycles. The third-order valence-corrected chi connectivity index (χ3v) is 2.75. The normalized spacial score (nSPS) is 10.1. The van der Waals surface area contributed by atoms with Crippen LogP contribution in [-0.4, -0.2) is 22.9 Å². The first-order valence-corrected chi connectivity index (χ1v) is 5.45. The maximum absolute atomic E-state index is 11.9. The Hall–Kier alpha value is -1.95. The van der Waals surface area contributed by atoms with Crippen molar-refractivity contribution in [3.8, 4) is 0 Å². The second kappa shape index (κ2) is 4.28. The Balaban J connectivity index is 2.23. The highest BCUT2D eigenvalue weighted by Crippen LogP contribution is 2.16. The summed E-state index contributed by atoms with van der Waals surface area (Å²) in [5.41, 5.74) is 6.56. The van der Waals surface area contributed by atoms with Crippen LogP contribution >= 0.6 is 11.3 Å². The average molecular weight is 234 g/mol. The molecule has 6 heteroatoms. The molecule has 0 atom stereocenters. The SMILES string of the molecule is CN(C(=O)c1csc(N)n1)c1cccnc1. The van der Waals surface area contributed by atoms with E-state index in [4.69, 9.17) is 5.73 Å². The Labute approximate surface area is 96.6 Å². The van der Waals surface area contributed by atoms with Crippen molar-refractivity contribution in [2.75, 3.05) is 17.7 Å². The van der Waals surface area contributed by atoms with Gasteiger partial charge < -0.3 is 10.6 Å². The van der Waals surface area contributed by atoms with E-state index in [0.29, 0.717) is 10.8 Å². The van der Waals surface area contributed by atoms with Gasteiger partial charge in [0.15, 0.2) is 5.13 Å². The zero-order chi connectivity index (χ0) is 11.5. The smallest absolute Gasteiger partial charge is 0.277 e. The number of aromatic nitrogens is 2. The van der Waals surface area contributed by atoms with Crippen LogP contribution in [0.5, 0.6) is 0 Å². The van der Waals surface area contributed by atoms with Crippen molar-refractivity contribution in [3.63, 3.8) is 0 Å². The number of anilines is 2. The van der Waals surface area contributed by atoms with Crippen molar-refractivity contribution < 1.29 is 4.79 Å². The Morgan fingerprint density at radius 3 is 2.94 bits per heavy atom. The van der Waals surface area contributed by atoms with E-state index in [1.54, 1.807) is 37.0 Å². The molecule has 2 N–H and O–H groups in total. The molecule has 0 unspecified atom stereocenters. The van der Waals surface area contributed by atoms with Gasteiger partial charge in [-0.05, 0) is 12.1 Å². The zero-order valence-corrected chi connectivity index (χ0v) is 9.44. The van der Waals surface area contributed by atoms with E-state index in [1.165, 1.54) is 16.2 Å². The van der Waals surface area contributed by atoms with Gasteiger partial charge in [0.2, 0.25) is 0 Å². The third kappa shape index (κ3) is 2.01. The lowest BCUT2D eigenvalue weighted by molar-refractivity contribution is 0.0989. The number of nitrogens with zero attached hydrogens (tertiary/aromatic N) is 3. The fourth-order valence-corrected chi connectivity index (χ4v) is 1.76. The van der Waals surface area contributed by atoms with Gasteiger partial charge in [-0.25, -0.2) is 4.98 Å². The Morgan fingerprint density at radius 2 is 2.38 bits per heavy atom. The van der Waals surface area contributed by atoms with E-state index in [-0.39, 0.29) is 5.91 Å². The molecule has 0 radical (unpaired) electrons. The number of rotatable bonds is 2. The number of carbonyl (C=O) groups is 1. The molecular formula is C10H10N4OS. The van der Waals surface area contributed by atoms with Crippen LogP contribution in [0.15, 0.2) is 29.9 Å². The summed E-state index contributed by atoms with van der Waals surface area (Å²) in [7, 11) is 1.68. The van der Waals surface area contributed by atoms with Gasteiger partial charge in [0.25, 0.3) is 5.91 Å². The molecule has 0 fully saturated rings. The van der Waals surface area contributed by atoms with Crippen LogP contribution in [0.4, 0.5) is 10.8 Å². The first-order valence-electron chi connectivity index (χ1n) is 4.57. The molecule has 0 aliphatic heterocycles. The summed E-state index contributed by atoms with van der Waals surface area (Å²) >= 11 is 1.25. The second-order valence-electron chi connectivity index (χ2n) is 3.15. The van der Waals surface area contributed by atoms with Crippen LogP contribution in [0, 0.1) is 0 Å². The fraction of sp³-hybridized carbons (Fsp3) is 0.100. The number of nitrogens with two attached hydrogens (primary N) is 1. The lowest BCUT2D eigenvalue weighted by Gasteiger charge is -2.14. The van der Waals surface area contributed by atoms with Gasteiger partial charge in [0.1, 0.15) is 5.69 Å². The number of hydrogen-bond acceptors (Lipinski definition) is 5.